The fourth-order valence-corrected chi connectivity index (χ4v) is 3.34. The van der Waals surface area contributed by atoms with E-state index < -0.39 is 5.89 Å². The largest absolute Gasteiger partial charge is 0.272 e. The van der Waals surface area contributed by atoms with Gasteiger partial charge in [0.2, 0.25) is 0 Å². The molecule has 0 N–H and O–H groups in total. The summed E-state index contributed by atoms with van der Waals surface area (Å²) in [7, 11) is 0. The summed E-state index contributed by atoms with van der Waals surface area (Å²) in [6.45, 7) is 12.9. The summed E-state index contributed by atoms with van der Waals surface area (Å²) in [5, 5.41) is 0. The Morgan fingerprint density at radius 1 is 1.19 bits per heavy atom. The maximum absolute atomic E-state index is 8.62. The maximum Gasteiger partial charge on any atom is 0.272 e. The number of aromatic nitrogens is 2. The zero-order valence-electron chi connectivity index (χ0n) is 14.9. The standard InChI is InChI=1S/C19H25N2/c1-13-9-7-8-10-16(13)21-15(3)17-14(2)11-12-20(17)18(21)19(4,5)6/h7-12,14H,1-6H3/q+1/i14D. The van der Waals surface area contributed by atoms with E-state index in [0.717, 1.165) is 11.4 Å². The zero-order chi connectivity index (χ0) is 16.3. The highest BCUT2D eigenvalue weighted by molar-refractivity contribution is 5.45. The zero-order valence-corrected chi connectivity index (χ0v) is 13.9. The lowest BCUT2D eigenvalue weighted by atomic mass is 9.95. The Labute approximate surface area is 129 Å². The van der Waals surface area contributed by atoms with Gasteiger partial charge in [0.15, 0.2) is 5.69 Å². The predicted octanol–water partition coefficient (Wildman–Crippen LogP) is 4.27. The number of hydrogen-bond acceptors (Lipinski definition) is 0. The van der Waals surface area contributed by atoms with Crippen molar-refractivity contribution >= 4 is 6.20 Å². The lowest BCUT2D eigenvalue weighted by Gasteiger charge is -2.17. The molecule has 2 aromatic rings. The molecule has 1 unspecified atom stereocenters. The van der Waals surface area contributed by atoms with E-state index >= 15 is 0 Å². The van der Waals surface area contributed by atoms with Gasteiger partial charge in [-0.3, -0.25) is 0 Å². The van der Waals surface area contributed by atoms with Crippen LogP contribution in [0.2, 0.25) is 0 Å². The first-order valence-corrected chi connectivity index (χ1v) is 7.58. The smallest absolute Gasteiger partial charge is 0.202 e. The van der Waals surface area contributed by atoms with E-state index in [4.69, 9.17) is 1.37 Å². The van der Waals surface area contributed by atoms with Crippen molar-refractivity contribution in [3.8, 4) is 5.69 Å². The van der Waals surface area contributed by atoms with Gasteiger partial charge in [0, 0.05) is 14.2 Å². The van der Waals surface area contributed by atoms with Gasteiger partial charge in [-0.2, -0.15) is 4.57 Å². The Hall–Kier alpha value is -1.83. The van der Waals surface area contributed by atoms with Gasteiger partial charge < -0.3 is 0 Å². The summed E-state index contributed by atoms with van der Waals surface area (Å²) < 4.78 is 13.2. The Morgan fingerprint density at radius 2 is 1.86 bits per heavy atom. The molecule has 0 saturated carbocycles. The first kappa shape index (κ1) is 12.9. The highest BCUT2D eigenvalue weighted by atomic mass is 15.2. The van der Waals surface area contributed by atoms with Crippen LogP contribution in [0.15, 0.2) is 30.3 Å². The molecule has 1 aromatic heterocycles. The van der Waals surface area contributed by atoms with Gasteiger partial charge in [-0.05, 0) is 45.4 Å². The minimum absolute atomic E-state index is 0.0178. The average Bonchev–Trinajstić information content (AvgIpc) is 2.86. The lowest BCUT2D eigenvalue weighted by Crippen LogP contribution is -2.43. The van der Waals surface area contributed by atoms with Crippen LogP contribution in [0.3, 0.4) is 0 Å². The fraction of sp³-hybridized carbons (Fsp3) is 0.421. The average molecular weight is 282 g/mol. The molecule has 0 radical (unpaired) electrons. The van der Waals surface area contributed by atoms with E-state index in [9.17, 15) is 0 Å². The number of fused-ring (bicyclic) bond motifs is 1. The van der Waals surface area contributed by atoms with Crippen LogP contribution in [0.25, 0.3) is 11.9 Å². The van der Waals surface area contributed by atoms with E-state index in [1.54, 1.807) is 0 Å². The third-order valence-corrected chi connectivity index (χ3v) is 4.23. The second-order valence-electron chi connectivity index (χ2n) is 7.00. The van der Waals surface area contributed by atoms with Crippen LogP contribution in [0.4, 0.5) is 0 Å². The number of aryl methyl sites for hydroxylation is 1. The number of imidazole rings is 1. The topological polar surface area (TPSA) is 8.81 Å². The number of para-hydroxylation sites is 1. The molecule has 0 saturated heterocycles. The van der Waals surface area contributed by atoms with E-state index in [1.165, 1.54) is 17.1 Å². The highest BCUT2D eigenvalue weighted by Crippen LogP contribution is 2.33. The molecule has 0 bridgehead atoms. The molecule has 0 spiro atoms. The van der Waals surface area contributed by atoms with Crippen molar-refractivity contribution in [3.63, 3.8) is 0 Å². The van der Waals surface area contributed by atoms with Crippen LogP contribution in [0.1, 0.15) is 57.7 Å². The molecule has 0 fully saturated rings. The van der Waals surface area contributed by atoms with Gasteiger partial charge >= 0.3 is 0 Å². The van der Waals surface area contributed by atoms with Gasteiger partial charge in [0.1, 0.15) is 11.4 Å². The molecule has 1 atom stereocenters. The van der Waals surface area contributed by atoms with Gasteiger partial charge in [-0.15, -0.1) is 0 Å². The predicted molar refractivity (Wildman–Crippen MR) is 87.9 cm³/mol. The molecule has 3 rings (SSSR count). The minimum atomic E-state index is -0.669. The molecule has 1 aromatic carbocycles. The first-order chi connectivity index (χ1) is 10.1. The molecule has 1 aliphatic rings. The van der Waals surface area contributed by atoms with Crippen LogP contribution < -0.4 is 4.57 Å². The number of allylic oxidation sites excluding steroid dienone is 1. The van der Waals surface area contributed by atoms with Gasteiger partial charge in [-0.1, -0.05) is 25.1 Å². The van der Waals surface area contributed by atoms with Crippen LogP contribution in [-0.2, 0) is 5.41 Å². The summed E-state index contributed by atoms with van der Waals surface area (Å²) in [5.41, 5.74) is 4.66. The van der Waals surface area contributed by atoms with E-state index in [0.29, 0.717) is 0 Å². The maximum atomic E-state index is 8.62. The summed E-state index contributed by atoms with van der Waals surface area (Å²) in [6, 6.07) is 8.47. The van der Waals surface area contributed by atoms with Gasteiger partial charge in [0.25, 0.3) is 5.82 Å². The Bertz CT molecular complexity index is 773. The van der Waals surface area contributed by atoms with E-state index in [2.05, 4.69) is 74.2 Å². The lowest BCUT2D eigenvalue weighted by molar-refractivity contribution is -0.614. The summed E-state index contributed by atoms with van der Waals surface area (Å²) in [4.78, 5) is 0. The summed E-state index contributed by atoms with van der Waals surface area (Å²) in [6.07, 6.45) is 4.04. The van der Waals surface area contributed by atoms with E-state index in [-0.39, 0.29) is 5.41 Å². The van der Waals surface area contributed by atoms with Crippen molar-refractivity contribution in [2.45, 2.75) is 52.9 Å². The quantitative estimate of drug-likeness (QED) is 0.691. The monoisotopic (exact) mass is 282 g/mol. The second kappa shape index (κ2) is 4.59. The molecule has 0 aliphatic carbocycles. The molecular formula is C19H25N2+. The van der Waals surface area contributed by atoms with Gasteiger partial charge in [0.05, 0.1) is 11.6 Å². The molecule has 0 amide bonds. The number of nitrogens with zero attached hydrogens (tertiary/aromatic N) is 2. The Kier molecular flexibility index (Phi) is 2.81. The van der Waals surface area contributed by atoms with Crippen molar-refractivity contribution < 1.29 is 5.94 Å². The number of rotatable bonds is 1. The Morgan fingerprint density at radius 3 is 2.48 bits per heavy atom. The second-order valence-corrected chi connectivity index (χ2v) is 7.00. The third-order valence-electron chi connectivity index (χ3n) is 4.23. The van der Waals surface area contributed by atoms with Crippen molar-refractivity contribution in [2.75, 3.05) is 0 Å². The molecule has 21 heavy (non-hydrogen) atoms. The molecule has 2 heteroatoms. The van der Waals surface area contributed by atoms with Crippen LogP contribution in [-0.4, -0.2) is 4.57 Å². The molecule has 1 aliphatic heterocycles. The fourth-order valence-electron chi connectivity index (χ4n) is 3.34. The van der Waals surface area contributed by atoms with Crippen molar-refractivity contribution in [1.82, 2.24) is 4.57 Å². The van der Waals surface area contributed by atoms with Crippen LogP contribution in [0.5, 0.6) is 0 Å². The first-order valence-electron chi connectivity index (χ1n) is 8.08. The highest BCUT2D eigenvalue weighted by Gasteiger charge is 2.39. The van der Waals surface area contributed by atoms with Gasteiger partial charge in [-0.25, -0.2) is 4.57 Å². The normalized spacial score (nSPS) is 21.5. The number of benzene rings is 1. The molecule has 2 nitrogen and oxygen atoms in total. The van der Waals surface area contributed by atoms with Crippen LogP contribution >= 0.6 is 0 Å². The SMILES string of the molecule is [2H]C1(C)C=Cn2c1c(C)[n+](-c1ccccc1C)c2C(C)(C)C. The summed E-state index contributed by atoms with van der Waals surface area (Å²) >= 11 is 0. The van der Waals surface area contributed by atoms with Crippen molar-refractivity contribution in [3.05, 3.63) is 53.1 Å². The molecule has 2 heterocycles. The van der Waals surface area contributed by atoms with Crippen LogP contribution in [0, 0.1) is 13.8 Å². The molecular weight excluding hydrogens is 256 g/mol. The Balaban J connectivity index is 2.42. The van der Waals surface area contributed by atoms with E-state index in [1.807, 2.05) is 13.0 Å². The van der Waals surface area contributed by atoms with Crippen molar-refractivity contribution in [2.24, 2.45) is 0 Å². The number of hydrogen-bond donors (Lipinski definition) is 0. The third kappa shape index (κ3) is 2.05. The summed E-state index contributed by atoms with van der Waals surface area (Å²) in [5.74, 6) is 0.555. The van der Waals surface area contributed by atoms with Crippen molar-refractivity contribution in [1.29, 1.82) is 0 Å². The molecule has 110 valence electrons. The minimum Gasteiger partial charge on any atom is -0.202 e.